The highest BCUT2D eigenvalue weighted by molar-refractivity contribution is 7.80. The maximum Gasteiger partial charge on any atom is 0.168 e. The fourth-order valence-corrected chi connectivity index (χ4v) is 2.68. The second-order valence-electron chi connectivity index (χ2n) is 4.70. The third kappa shape index (κ3) is 1.87. The quantitative estimate of drug-likeness (QED) is 0.655. The van der Waals surface area contributed by atoms with Gasteiger partial charge in [-0.25, -0.2) is 0 Å². The van der Waals surface area contributed by atoms with Gasteiger partial charge in [0.2, 0.25) is 0 Å². The van der Waals surface area contributed by atoms with Crippen molar-refractivity contribution < 1.29 is 0 Å². The third-order valence-corrected chi connectivity index (χ3v) is 3.41. The molecule has 0 aromatic heterocycles. The number of nitrogens with two attached hydrogens (primary N) is 1. The summed E-state index contributed by atoms with van der Waals surface area (Å²) in [6.45, 7) is 2.13. The van der Waals surface area contributed by atoms with Gasteiger partial charge in [-0.05, 0) is 59.9 Å². The summed E-state index contributed by atoms with van der Waals surface area (Å²) in [5, 5.41) is 3.29. The minimum atomic E-state index is 0.307. The van der Waals surface area contributed by atoms with E-state index in [0.717, 1.165) is 12.1 Å². The Kier molecular flexibility index (Phi) is 2.56. The van der Waals surface area contributed by atoms with Crippen LogP contribution in [0.15, 0.2) is 36.4 Å². The van der Waals surface area contributed by atoms with Crippen molar-refractivity contribution in [2.45, 2.75) is 13.3 Å². The Hall–Kier alpha value is -1.87. The number of benzene rings is 2. The van der Waals surface area contributed by atoms with Crippen LogP contribution in [-0.2, 0) is 6.42 Å². The number of hydrogen-bond acceptors (Lipinski definition) is 1. The molecule has 0 spiro atoms. The van der Waals surface area contributed by atoms with E-state index in [-0.39, 0.29) is 0 Å². The molecule has 90 valence electrons. The SMILES string of the molecule is Cc1ccc2c(c1)Cc1cc(NC(N)=S)ccc1-2. The molecule has 0 saturated carbocycles. The molecule has 0 heterocycles. The first-order valence-corrected chi connectivity index (χ1v) is 6.33. The number of anilines is 1. The summed E-state index contributed by atoms with van der Waals surface area (Å²) in [4.78, 5) is 0. The Morgan fingerprint density at radius 1 is 1.11 bits per heavy atom. The zero-order chi connectivity index (χ0) is 12.7. The standard InChI is InChI=1S/C15H14N2S/c1-9-2-4-13-10(6-9)7-11-8-12(17-15(16)18)3-5-14(11)13/h2-6,8H,7H2,1H3,(H3,16,17,18). The maximum absolute atomic E-state index is 5.49. The van der Waals surface area contributed by atoms with E-state index in [0.29, 0.717) is 5.11 Å². The molecule has 0 amide bonds. The molecule has 3 heteroatoms. The van der Waals surface area contributed by atoms with Crippen LogP contribution in [0.5, 0.6) is 0 Å². The zero-order valence-electron chi connectivity index (χ0n) is 10.2. The summed E-state index contributed by atoms with van der Waals surface area (Å²) < 4.78 is 0. The van der Waals surface area contributed by atoms with Crippen molar-refractivity contribution in [1.82, 2.24) is 0 Å². The lowest BCUT2D eigenvalue weighted by atomic mass is 10.0. The Labute approximate surface area is 112 Å². The van der Waals surface area contributed by atoms with Crippen molar-refractivity contribution in [3.63, 3.8) is 0 Å². The van der Waals surface area contributed by atoms with Crippen molar-refractivity contribution in [3.8, 4) is 11.1 Å². The van der Waals surface area contributed by atoms with E-state index in [1.54, 1.807) is 0 Å². The van der Waals surface area contributed by atoms with E-state index < -0.39 is 0 Å². The van der Waals surface area contributed by atoms with Crippen LogP contribution in [0.25, 0.3) is 11.1 Å². The second kappa shape index (κ2) is 4.10. The molecule has 0 aliphatic heterocycles. The number of rotatable bonds is 1. The molecule has 2 nitrogen and oxygen atoms in total. The first-order valence-electron chi connectivity index (χ1n) is 5.93. The van der Waals surface area contributed by atoms with Gasteiger partial charge in [-0.2, -0.15) is 0 Å². The number of thiocarbonyl (C=S) groups is 1. The minimum Gasteiger partial charge on any atom is -0.376 e. The number of nitrogens with one attached hydrogen (secondary N) is 1. The molecular formula is C15H14N2S. The Balaban J connectivity index is 2.03. The van der Waals surface area contributed by atoms with Crippen molar-refractivity contribution in [1.29, 1.82) is 0 Å². The van der Waals surface area contributed by atoms with Crippen LogP contribution in [-0.4, -0.2) is 5.11 Å². The van der Waals surface area contributed by atoms with Gasteiger partial charge >= 0.3 is 0 Å². The summed E-state index contributed by atoms with van der Waals surface area (Å²) in [7, 11) is 0. The van der Waals surface area contributed by atoms with Gasteiger partial charge in [0.05, 0.1) is 0 Å². The van der Waals surface area contributed by atoms with Gasteiger partial charge < -0.3 is 11.1 Å². The second-order valence-corrected chi connectivity index (χ2v) is 5.14. The third-order valence-electron chi connectivity index (χ3n) is 3.30. The normalized spacial score (nSPS) is 11.8. The highest BCUT2D eigenvalue weighted by Crippen LogP contribution is 2.38. The van der Waals surface area contributed by atoms with E-state index >= 15 is 0 Å². The van der Waals surface area contributed by atoms with E-state index in [4.69, 9.17) is 18.0 Å². The summed E-state index contributed by atoms with van der Waals surface area (Å²) in [6, 6.07) is 12.9. The summed E-state index contributed by atoms with van der Waals surface area (Å²) >= 11 is 4.86. The number of hydrogen-bond donors (Lipinski definition) is 2. The fraction of sp³-hybridized carbons (Fsp3) is 0.133. The fourth-order valence-electron chi connectivity index (χ4n) is 2.56. The molecule has 1 aliphatic carbocycles. The monoisotopic (exact) mass is 254 g/mol. The topological polar surface area (TPSA) is 38.0 Å². The molecule has 0 atom stereocenters. The number of fused-ring (bicyclic) bond motifs is 3. The summed E-state index contributed by atoms with van der Waals surface area (Å²) in [5.74, 6) is 0. The molecule has 18 heavy (non-hydrogen) atoms. The number of aryl methyl sites for hydroxylation is 1. The average Bonchev–Trinajstić information content (AvgIpc) is 2.64. The van der Waals surface area contributed by atoms with Crippen LogP contribution in [0.4, 0.5) is 5.69 Å². The largest absolute Gasteiger partial charge is 0.376 e. The van der Waals surface area contributed by atoms with Crippen LogP contribution < -0.4 is 11.1 Å². The molecule has 0 unspecified atom stereocenters. The molecule has 0 radical (unpaired) electrons. The van der Waals surface area contributed by atoms with Crippen LogP contribution in [0.1, 0.15) is 16.7 Å². The average molecular weight is 254 g/mol. The van der Waals surface area contributed by atoms with E-state index in [2.05, 4.69) is 42.6 Å². The lowest BCUT2D eigenvalue weighted by Gasteiger charge is -2.06. The summed E-state index contributed by atoms with van der Waals surface area (Å²) in [5.41, 5.74) is 13.2. The predicted octanol–water partition coefficient (Wildman–Crippen LogP) is 3.22. The molecule has 0 bridgehead atoms. The van der Waals surface area contributed by atoms with Gasteiger partial charge in [0, 0.05) is 5.69 Å². The molecule has 0 fully saturated rings. The van der Waals surface area contributed by atoms with Crippen molar-refractivity contribution in [2.75, 3.05) is 5.32 Å². The highest BCUT2D eigenvalue weighted by Gasteiger charge is 2.18. The summed E-state index contributed by atoms with van der Waals surface area (Å²) in [6.07, 6.45) is 0.985. The van der Waals surface area contributed by atoms with E-state index in [1.165, 1.54) is 27.8 Å². The molecule has 3 N–H and O–H groups in total. The van der Waals surface area contributed by atoms with Gasteiger partial charge in [-0.1, -0.05) is 29.8 Å². The van der Waals surface area contributed by atoms with Crippen LogP contribution in [0.2, 0.25) is 0 Å². The van der Waals surface area contributed by atoms with E-state index in [9.17, 15) is 0 Å². The van der Waals surface area contributed by atoms with E-state index in [1.807, 2.05) is 6.07 Å². The zero-order valence-corrected chi connectivity index (χ0v) is 11.0. The highest BCUT2D eigenvalue weighted by atomic mass is 32.1. The van der Waals surface area contributed by atoms with Crippen molar-refractivity contribution in [3.05, 3.63) is 53.1 Å². The van der Waals surface area contributed by atoms with Gasteiger partial charge in [0.1, 0.15) is 0 Å². The minimum absolute atomic E-state index is 0.307. The van der Waals surface area contributed by atoms with Gasteiger partial charge in [-0.15, -0.1) is 0 Å². The smallest absolute Gasteiger partial charge is 0.168 e. The molecule has 3 rings (SSSR count). The first-order chi connectivity index (χ1) is 8.63. The molecular weight excluding hydrogens is 240 g/mol. The Bertz CT molecular complexity index is 647. The Morgan fingerprint density at radius 2 is 1.78 bits per heavy atom. The van der Waals surface area contributed by atoms with Gasteiger partial charge in [0.15, 0.2) is 5.11 Å². The van der Waals surface area contributed by atoms with Gasteiger partial charge in [-0.3, -0.25) is 0 Å². The van der Waals surface area contributed by atoms with Crippen molar-refractivity contribution >= 4 is 23.0 Å². The van der Waals surface area contributed by atoms with Crippen LogP contribution >= 0.6 is 12.2 Å². The first kappa shape index (κ1) is 11.2. The molecule has 0 saturated heterocycles. The van der Waals surface area contributed by atoms with Crippen LogP contribution in [0.3, 0.4) is 0 Å². The molecule has 2 aromatic rings. The van der Waals surface area contributed by atoms with Gasteiger partial charge in [0.25, 0.3) is 0 Å². The lowest BCUT2D eigenvalue weighted by Crippen LogP contribution is -2.18. The Morgan fingerprint density at radius 3 is 2.50 bits per heavy atom. The maximum atomic E-state index is 5.49. The lowest BCUT2D eigenvalue weighted by molar-refractivity contribution is 1.25. The molecule has 1 aliphatic rings. The van der Waals surface area contributed by atoms with Crippen molar-refractivity contribution in [2.24, 2.45) is 5.73 Å². The van der Waals surface area contributed by atoms with Crippen LogP contribution in [0, 0.1) is 6.92 Å². The predicted molar refractivity (Wildman–Crippen MR) is 79.8 cm³/mol. The molecule has 2 aromatic carbocycles.